The van der Waals surface area contributed by atoms with E-state index < -0.39 is 0 Å². The molecule has 2 aliphatic heterocycles. The summed E-state index contributed by atoms with van der Waals surface area (Å²) in [5, 5.41) is 6.15. The van der Waals surface area contributed by atoms with Crippen LogP contribution in [0.3, 0.4) is 0 Å². The van der Waals surface area contributed by atoms with Crippen LogP contribution in [0.15, 0.2) is 24.3 Å². The number of carbonyl (C=O) groups is 2. The zero-order valence-corrected chi connectivity index (χ0v) is 14.5. The second kappa shape index (κ2) is 7.34. The van der Waals surface area contributed by atoms with E-state index in [9.17, 15) is 9.59 Å². The van der Waals surface area contributed by atoms with Gasteiger partial charge in [-0.05, 0) is 69.5 Å². The predicted molar refractivity (Wildman–Crippen MR) is 94.9 cm³/mol. The minimum atomic E-state index is 0.00163. The molecule has 0 aliphatic carbocycles. The van der Waals surface area contributed by atoms with Crippen molar-refractivity contribution >= 4 is 17.5 Å². The van der Waals surface area contributed by atoms with Gasteiger partial charge in [-0.15, -0.1) is 0 Å². The quantitative estimate of drug-likeness (QED) is 0.892. The molecule has 5 nitrogen and oxygen atoms in total. The zero-order valence-electron chi connectivity index (χ0n) is 14.5. The van der Waals surface area contributed by atoms with E-state index in [0.717, 1.165) is 38.2 Å². The normalized spacial score (nSPS) is 22.6. The topological polar surface area (TPSA) is 61.4 Å². The number of likely N-dealkylation sites (tertiary alicyclic amines) is 1. The maximum absolute atomic E-state index is 12.6. The molecule has 130 valence electrons. The number of rotatable bonds is 4. The molecule has 24 heavy (non-hydrogen) atoms. The summed E-state index contributed by atoms with van der Waals surface area (Å²) in [6.45, 7) is 6.75. The largest absolute Gasteiger partial charge is 0.336 e. The van der Waals surface area contributed by atoms with Gasteiger partial charge in [-0.1, -0.05) is 6.92 Å². The van der Waals surface area contributed by atoms with Crippen molar-refractivity contribution in [2.75, 3.05) is 25.0 Å². The number of piperidine rings is 1. The molecule has 0 saturated carbocycles. The molecule has 2 unspecified atom stereocenters. The van der Waals surface area contributed by atoms with Crippen LogP contribution in [-0.4, -0.2) is 42.4 Å². The summed E-state index contributed by atoms with van der Waals surface area (Å²) in [5.74, 6) is 0.562. The zero-order chi connectivity index (χ0) is 17.1. The molecule has 0 bridgehead atoms. The summed E-state index contributed by atoms with van der Waals surface area (Å²) in [5.41, 5.74) is 1.44. The van der Waals surface area contributed by atoms with Gasteiger partial charge in [0.2, 0.25) is 5.91 Å². The van der Waals surface area contributed by atoms with Crippen molar-refractivity contribution in [1.29, 1.82) is 0 Å². The van der Waals surface area contributed by atoms with E-state index in [1.807, 2.05) is 36.1 Å². The minimum absolute atomic E-state index is 0.00163. The van der Waals surface area contributed by atoms with Gasteiger partial charge >= 0.3 is 0 Å². The van der Waals surface area contributed by atoms with Gasteiger partial charge in [0.25, 0.3) is 5.91 Å². The van der Waals surface area contributed by atoms with Crippen molar-refractivity contribution < 1.29 is 9.59 Å². The Morgan fingerprint density at radius 1 is 1.21 bits per heavy atom. The molecule has 2 fully saturated rings. The Bertz CT molecular complexity index is 595. The third-order valence-electron chi connectivity index (χ3n) is 5.40. The van der Waals surface area contributed by atoms with E-state index in [2.05, 4.69) is 17.6 Å². The van der Waals surface area contributed by atoms with Crippen LogP contribution in [0, 0.1) is 11.8 Å². The summed E-state index contributed by atoms with van der Waals surface area (Å²) in [4.78, 5) is 26.8. The number of hydrogen-bond donors (Lipinski definition) is 2. The Kier molecular flexibility index (Phi) is 5.19. The van der Waals surface area contributed by atoms with Gasteiger partial charge in [0.05, 0.1) is 0 Å². The van der Waals surface area contributed by atoms with Gasteiger partial charge < -0.3 is 15.5 Å². The molecule has 2 amide bonds. The third-order valence-corrected chi connectivity index (χ3v) is 5.40. The van der Waals surface area contributed by atoms with Gasteiger partial charge in [-0.3, -0.25) is 9.59 Å². The Morgan fingerprint density at radius 2 is 1.92 bits per heavy atom. The van der Waals surface area contributed by atoms with Crippen LogP contribution in [-0.2, 0) is 4.79 Å². The molecule has 2 heterocycles. The third kappa shape index (κ3) is 3.61. The van der Waals surface area contributed by atoms with E-state index in [1.54, 1.807) is 0 Å². The molecule has 0 aromatic heterocycles. The van der Waals surface area contributed by atoms with Crippen molar-refractivity contribution in [1.82, 2.24) is 10.2 Å². The van der Waals surface area contributed by atoms with E-state index in [0.29, 0.717) is 17.5 Å². The van der Waals surface area contributed by atoms with Crippen molar-refractivity contribution in [3.63, 3.8) is 0 Å². The molecule has 0 spiro atoms. The lowest BCUT2D eigenvalue weighted by Gasteiger charge is -2.33. The van der Waals surface area contributed by atoms with Crippen LogP contribution in [0.25, 0.3) is 0 Å². The highest BCUT2D eigenvalue weighted by Crippen LogP contribution is 2.21. The first-order chi connectivity index (χ1) is 11.6. The predicted octanol–water partition coefficient (Wildman–Crippen LogP) is 2.50. The van der Waals surface area contributed by atoms with Gasteiger partial charge in [0, 0.05) is 29.8 Å². The highest BCUT2D eigenvalue weighted by molar-refractivity contribution is 5.96. The van der Waals surface area contributed by atoms with Crippen LogP contribution >= 0.6 is 0 Å². The molecule has 5 heteroatoms. The van der Waals surface area contributed by atoms with Crippen LogP contribution in [0.5, 0.6) is 0 Å². The average Bonchev–Trinajstić information content (AvgIpc) is 2.53. The van der Waals surface area contributed by atoms with Gasteiger partial charge in [-0.25, -0.2) is 0 Å². The first-order valence-corrected chi connectivity index (χ1v) is 8.99. The summed E-state index contributed by atoms with van der Waals surface area (Å²) in [6, 6.07) is 7.59. The molecule has 1 aromatic carbocycles. The van der Waals surface area contributed by atoms with Gasteiger partial charge in [-0.2, -0.15) is 0 Å². The van der Waals surface area contributed by atoms with Crippen LogP contribution < -0.4 is 10.6 Å². The Balaban J connectivity index is 1.60. The van der Waals surface area contributed by atoms with Crippen molar-refractivity contribution in [2.24, 2.45) is 11.8 Å². The highest BCUT2D eigenvalue weighted by atomic mass is 16.2. The monoisotopic (exact) mass is 329 g/mol. The van der Waals surface area contributed by atoms with E-state index in [-0.39, 0.29) is 17.7 Å². The van der Waals surface area contributed by atoms with E-state index in [1.165, 1.54) is 6.42 Å². The minimum Gasteiger partial charge on any atom is -0.336 e. The Morgan fingerprint density at radius 3 is 2.50 bits per heavy atom. The van der Waals surface area contributed by atoms with Crippen molar-refractivity contribution in [3.8, 4) is 0 Å². The maximum atomic E-state index is 12.6. The van der Waals surface area contributed by atoms with Crippen LogP contribution in [0.4, 0.5) is 5.69 Å². The summed E-state index contributed by atoms with van der Waals surface area (Å²) >= 11 is 0. The fourth-order valence-corrected chi connectivity index (χ4v) is 3.40. The van der Waals surface area contributed by atoms with E-state index in [4.69, 9.17) is 0 Å². The highest BCUT2D eigenvalue weighted by Gasteiger charge is 2.29. The first-order valence-electron chi connectivity index (χ1n) is 8.99. The number of nitrogens with one attached hydrogen (secondary N) is 2. The number of hydrogen-bond acceptors (Lipinski definition) is 3. The first kappa shape index (κ1) is 17.0. The second-order valence-electron chi connectivity index (χ2n) is 7.12. The summed E-state index contributed by atoms with van der Waals surface area (Å²) in [7, 11) is 0. The fraction of sp³-hybridized carbons (Fsp3) is 0.579. The molecule has 2 aliphatic rings. The molecule has 2 saturated heterocycles. The molecular formula is C19H27N3O2. The molecule has 2 atom stereocenters. The summed E-state index contributed by atoms with van der Waals surface area (Å²) in [6.07, 6.45) is 3.36. The Labute approximate surface area is 143 Å². The average molecular weight is 329 g/mol. The van der Waals surface area contributed by atoms with Gasteiger partial charge in [0.15, 0.2) is 0 Å². The van der Waals surface area contributed by atoms with Crippen molar-refractivity contribution in [2.45, 2.75) is 39.2 Å². The fourth-order valence-electron chi connectivity index (χ4n) is 3.40. The molecule has 2 N–H and O–H groups in total. The Hall–Kier alpha value is -1.88. The lowest BCUT2D eigenvalue weighted by atomic mass is 9.88. The van der Waals surface area contributed by atoms with Crippen LogP contribution in [0.1, 0.15) is 43.5 Å². The molecular weight excluding hydrogens is 302 g/mol. The molecule has 3 rings (SSSR count). The van der Waals surface area contributed by atoms with Crippen molar-refractivity contribution in [3.05, 3.63) is 29.8 Å². The smallest absolute Gasteiger partial charge is 0.254 e. The molecule has 0 radical (unpaired) electrons. The standard InChI is InChI=1S/C19H27N3O2/c1-13-5-3-4-10-22(13)19(24)15-6-8-17(9-7-15)21-18(23)14(2)16-11-20-12-16/h6-9,13-14,16,20H,3-5,10-12H2,1-2H3,(H,21,23). The maximum Gasteiger partial charge on any atom is 0.254 e. The number of anilines is 1. The van der Waals surface area contributed by atoms with Crippen LogP contribution in [0.2, 0.25) is 0 Å². The number of benzene rings is 1. The lowest BCUT2D eigenvalue weighted by Crippen LogP contribution is -2.48. The number of amides is 2. The SMILES string of the molecule is CC(C(=O)Nc1ccc(C(=O)N2CCCCC2C)cc1)C1CNC1. The number of carbonyl (C=O) groups excluding carboxylic acids is 2. The van der Waals surface area contributed by atoms with Gasteiger partial charge in [0.1, 0.15) is 0 Å². The van der Waals surface area contributed by atoms with E-state index >= 15 is 0 Å². The molecule has 1 aromatic rings. The summed E-state index contributed by atoms with van der Waals surface area (Å²) < 4.78 is 0. The number of nitrogens with zero attached hydrogens (tertiary/aromatic N) is 1. The lowest BCUT2D eigenvalue weighted by molar-refractivity contribution is -0.121. The second-order valence-corrected chi connectivity index (χ2v) is 7.12.